The summed E-state index contributed by atoms with van der Waals surface area (Å²) in [5.41, 5.74) is 2.06. The molecule has 4 nitrogen and oxygen atoms in total. The van der Waals surface area contributed by atoms with Crippen molar-refractivity contribution < 1.29 is 9.18 Å². The molecule has 3 rings (SSSR count). The fourth-order valence-corrected chi connectivity index (χ4v) is 3.97. The van der Waals surface area contributed by atoms with E-state index < -0.39 is 0 Å². The number of piperidine rings is 1. The van der Waals surface area contributed by atoms with Crippen LogP contribution in [0.2, 0.25) is 0 Å². The molecule has 28 heavy (non-hydrogen) atoms. The summed E-state index contributed by atoms with van der Waals surface area (Å²) < 4.78 is 13.4. The van der Waals surface area contributed by atoms with Crippen LogP contribution >= 0.6 is 0 Å². The zero-order valence-corrected chi connectivity index (χ0v) is 16.8. The van der Waals surface area contributed by atoms with E-state index in [4.69, 9.17) is 0 Å². The highest BCUT2D eigenvalue weighted by Gasteiger charge is 2.24. The minimum atomic E-state index is -0.255. The predicted octanol–water partition coefficient (Wildman–Crippen LogP) is 3.45. The van der Waals surface area contributed by atoms with E-state index in [1.807, 2.05) is 42.3 Å². The SMILES string of the molecule is CCN1CCC(NC(=O)CN(C)C(c2ccccc2)c2ccc(F)cc2)CC1. The van der Waals surface area contributed by atoms with Gasteiger partial charge in [-0.3, -0.25) is 9.69 Å². The molecule has 1 aliphatic rings. The van der Waals surface area contributed by atoms with Crippen molar-refractivity contribution in [1.82, 2.24) is 15.1 Å². The van der Waals surface area contributed by atoms with Crippen molar-refractivity contribution in [2.75, 3.05) is 33.2 Å². The average Bonchev–Trinajstić information content (AvgIpc) is 2.71. The van der Waals surface area contributed by atoms with E-state index in [9.17, 15) is 9.18 Å². The van der Waals surface area contributed by atoms with Gasteiger partial charge in [0.1, 0.15) is 5.82 Å². The Morgan fingerprint density at radius 2 is 1.71 bits per heavy atom. The lowest BCUT2D eigenvalue weighted by molar-refractivity contribution is -0.123. The molecule has 1 aliphatic heterocycles. The summed E-state index contributed by atoms with van der Waals surface area (Å²) in [4.78, 5) is 17.1. The third-order valence-corrected chi connectivity index (χ3v) is 5.53. The maximum Gasteiger partial charge on any atom is 0.234 e. The van der Waals surface area contributed by atoms with E-state index in [1.165, 1.54) is 12.1 Å². The number of hydrogen-bond acceptors (Lipinski definition) is 3. The monoisotopic (exact) mass is 383 g/mol. The Balaban J connectivity index is 1.67. The molecule has 0 radical (unpaired) electrons. The molecule has 0 spiro atoms. The highest BCUT2D eigenvalue weighted by Crippen LogP contribution is 2.27. The Labute approximate surface area is 167 Å². The number of likely N-dealkylation sites (tertiary alicyclic amines) is 1. The van der Waals surface area contributed by atoms with Crippen LogP contribution in [0.15, 0.2) is 54.6 Å². The van der Waals surface area contributed by atoms with Gasteiger partial charge in [-0.1, -0.05) is 49.4 Å². The Bertz CT molecular complexity index is 742. The molecule has 5 heteroatoms. The number of rotatable bonds is 7. The molecule has 1 saturated heterocycles. The Morgan fingerprint density at radius 3 is 2.32 bits per heavy atom. The van der Waals surface area contributed by atoms with Crippen LogP contribution in [0.25, 0.3) is 0 Å². The molecule has 1 fully saturated rings. The fraction of sp³-hybridized carbons (Fsp3) is 0.435. The average molecular weight is 384 g/mol. The van der Waals surface area contributed by atoms with E-state index >= 15 is 0 Å². The van der Waals surface area contributed by atoms with Crippen molar-refractivity contribution in [3.8, 4) is 0 Å². The summed E-state index contributed by atoms with van der Waals surface area (Å²) in [5.74, 6) is -0.213. The summed E-state index contributed by atoms with van der Waals surface area (Å²) in [6.45, 7) is 5.62. The van der Waals surface area contributed by atoms with Crippen molar-refractivity contribution in [3.05, 3.63) is 71.5 Å². The Kier molecular flexibility index (Phi) is 7.18. The highest BCUT2D eigenvalue weighted by molar-refractivity contribution is 5.78. The van der Waals surface area contributed by atoms with Gasteiger partial charge >= 0.3 is 0 Å². The van der Waals surface area contributed by atoms with Crippen molar-refractivity contribution >= 4 is 5.91 Å². The first-order valence-corrected chi connectivity index (χ1v) is 10.1. The minimum Gasteiger partial charge on any atom is -0.352 e. The molecule has 1 amide bonds. The summed E-state index contributed by atoms with van der Waals surface area (Å²) in [5, 5.41) is 3.19. The number of benzene rings is 2. The fourth-order valence-electron chi connectivity index (χ4n) is 3.97. The third kappa shape index (κ3) is 5.40. The van der Waals surface area contributed by atoms with Gasteiger partial charge in [0.15, 0.2) is 0 Å². The molecule has 2 aromatic rings. The summed E-state index contributed by atoms with van der Waals surface area (Å²) in [6.07, 6.45) is 2.01. The summed E-state index contributed by atoms with van der Waals surface area (Å²) in [6, 6.07) is 16.7. The van der Waals surface area contributed by atoms with Crippen LogP contribution in [-0.4, -0.2) is 55.0 Å². The van der Waals surface area contributed by atoms with Crippen molar-refractivity contribution in [3.63, 3.8) is 0 Å². The molecule has 150 valence electrons. The molecule has 1 unspecified atom stereocenters. The lowest BCUT2D eigenvalue weighted by Gasteiger charge is -2.33. The van der Waals surface area contributed by atoms with E-state index in [-0.39, 0.29) is 23.8 Å². The van der Waals surface area contributed by atoms with Crippen LogP contribution in [0.3, 0.4) is 0 Å². The summed E-state index contributed by atoms with van der Waals surface area (Å²) >= 11 is 0. The Morgan fingerprint density at radius 1 is 1.11 bits per heavy atom. The molecule has 0 aliphatic carbocycles. The van der Waals surface area contributed by atoms with Crippen molar-refractivity contribution in [2.24, 2.45) is 0 Å². The van der Waals surface area contributed by atoms with Crippen LogP contribution in [0, 0.1) is 5.82 Å². The zero-order chi connectivity index (χ0) is 19.9. The second kappa shape index (κ2) is 9.80. The van der Waals surface area contributed by atoms with Crippen LogP contribution < -0.4 is 5.32 Å². The standard InChI is InChI=1S/C23H30FN3O/c1-3-27-15-13-21(14-16-27)25-22(28)17-26(2)23(18-7-5-4-6-8-18)19-9-11-20(24)12-10-19/h4-12,21,23H,3,13-17H2,1-2H3,(H,25,28). The first-order chi connectivity index (χ1) is 13.6. The van der Waals surface area contributed by atoms with E-state index in [0.717, 1.165) is 43.6 Å². The van der Waals surface area contributed by atoms with Gasteiger partial charge in [0, 0.05) is 19.1 Å². The lowest BCUT2D eigenvalue weighted by Crippen LogP contribution is -2.47. The maximum absolute atomic E-state index is 13.4. The molecule has 0 bridgehead atoms. The number of carbonyl (C=O) groups excluding carboxylic acids is 1. The highest BCUT2D eigenvalue weighted by atomic mass is 19.1. The number of nitrogens with zero attached hydrogens (tertiary/aromatic N) is 2. The number of halogens is 1. The topological polar surface area (TPSA) is 35.6 Å². The van der Waals surface area contributed by atoms with E-state index in [2.05, 4.69) is 17.1 Å². The number of likely N-dealkylation sites (N-methyl/N-ethyl adjacent to an activating group) is 1. The number of nitrogens with one attached hydrogen (secondary N) is 1. The number of carbonyl (C=O) groups is 1. The molecule has 1 N–H and O–H groups in total. The minimum absolute atomic E-state index is 0.0421. The molecular formula is C23H30FN3O. The second-order valence-corrected chi connectivity index (χ2v) is 7.56. The molecule has 1 heterocycles. The number of amides is 1. The molecule has 2 aromatic carbocycles. The third-order valence-electron chi connectivity index (χ3n) is 5.53. The quantitative estimate of drug-likeness (QED) is 0.796. The van der Waals surface area contributed by atoms with Crippen LogP contribution in [0.1, 0.15) is 36.9 Å². The van der Waals surface area contributed by atoms with Gasteiger partial charge in [0.2, 0.25) is 5.91 Å². The van der Waals surface area contributed by atoms with Gasteiger partial charge in [0.05, 0.1) is 12.6 Å². The summed E-state index contributed by atoms with van der Waals surface area (Å²) in [7, 11) is 1.94. The van der Waals surface area contributed by atoms with Gasteiger partial charge in [-0.2, -0.15) is 0 Å². The lowest BCUT2D eigenvalue weighted by atomic mass is 9.97. The van der Waals surface area contributed by atoms with Crippen LogP contribution in [0.5, 0.6) is 0 Å². The molecule has 0 aromatic heterocycles. The van der Waals surface area contributed by atoms with Crippen LogP contribution in [-0.2, 0) is 4.79 Å². The predicted molar refractivity (Wildman–Crippen MR) is 111 cm³/mol. The normalized spacial score (nSPS) is 16.9. The van der Waals surface area contributed by atoms with Gasteiger partial charge in [-0.15, -0.1) is 0 Å². The van der Waals surface area contributed by atoms with Crippen LogP contribution in [0.4, 0.5) is 4.39 Å². The zero-order valence-electron chi connectivity index (χ0n) is 16.8. The molecular weight excluding hydrogens is 353 g/mol. The van der Waals surface area contributed by atoms with Gasteiger partial charge in [0.25, 0.3) is 0 Å². The largest absolute Gasteiger partial charge is 0.352 e. The van der Waals surface area contributed by atoms with Gasteiger partial charge in [-0.05, 0) is 49.7 Å². The van der Waals surface area contributed by atoms with Crippen molar-refractivity contribution in [1.29, 1.82) is 0 Å². The van der Waals surface area contributed by atoms with E-state index in [0.29, 0.717) is 6.54 Å². The molecule has 0 saturated carbocycles. The second-order valence-electron chi connectivity index (χ2n) is 7.56. The van der Waals surface area contributed by atoms with Gasteiger partial charge in [-0.25, -0.2) is 4.39 Å². The maximum atomic E-state index is 13.4. The number of hydrogen-bond donors (Lipinski definition) is 1. The van der Waals surface area contributed by atoms with E-state index in [1.54, 1.807) is 12.1 Å². The molecule has 1 atom stereocenters. The van der Waals surface area contributed by atoms with Gasteiger partial charge < -0.3 is 10.2 Å². The first kappa shape index (κ1) is 20.5. The van der Waals surface area contributed by atoms with Crippen molar-refractivity contribution in [2.45, 2.75) is 31.8 Å². The smallest absolute Gasteiger partial charge is 0.234 e. The Hall–Kier alpha value is -2.24. The first-order valence-electron chi connectivity index (χ1n) is 10.1.